The first-order valence-corrected chi connectivity index (χ1v) is 40.8. The number of alkyl halides is 3. The number of rotatable bonds is 24. The van der Waals surface area contributed by atoms with E-state index in [2.05, 4.69) is 6.07 Å². The molecule has 4 saturated heterocycles. The van der Waals surface area contributed by atoms with Gasteiger partial charge < -0.3 is 80.4 Å². The van der Waals surface area contributed by atoms with Gasteiger partial charge in [-0.2, -0.15) is 18.4 Å². The van der Waals surface area contributed by atoms with Crippen LogP contribution in [-0.2, 0) is 25.4 Å². The molecule has 0 aliphatic carbocycles. The van der Waals surface area contributed by atoms with E-state index < -0.39 is 35.4 Å². The molecular weight excluding hydrogens is 1680 g/mol. The van der Waals surface area contributed by atoms with Crippen LogP contribution in [0.25, 0.3) is 0 Å². The second kappa shape index (κ2) is 40.5. The summed E-state index contributed by atoms with van der Waals surface area (Å²) in [5.41, 5.74) is 29.0. The topological polar surface area (TPSA) is 351 Å². The van der Waals surface area contributed by atoms with Crippen LogP contribution >= 0.6 is 11.6 Å². The average Bonchev–Trinajstić information content (AvgIpc) is 1.63. The number of ether oxygens (including phenoxy) is 8. The van der Waals surface area contributed by atoms with Crippen molar-refractivity contribution in [3.63, 3.8) is 0 Å². The zero-order valence-corrected chi connectivity index (χ0v) is 71.0. The van der Waals surface area contributed by atoms with Gasteiger partial charge in [0.25, 0.3) is 0 Å². The smallest absolute Gasteiger partial charge is 0.419 e. The van der Waals surface area contributed by atoms with Gasteiger partial charge in [0.15, 0.2) is 46.0 Å². The number of anilines is 4. The Morgan fingerprint density at radius 1 is 0.357 bits per heavy atom. The van der Waals surface area contributed by atoms with Gasteiger partial charge in [-0.25, -0.2) is 4.39 Å². The molecule has 4 heterocycles. The lowest BCUT2D eigenvalue weighted by atomic mass is 9.98. The second-order valence-corrected chi connectivity index (χ2v) is 30.7. The molecule has 30 heteroatoms. The third kappa shape index (κ3) is 21.8. The Morgan fingerprint density at radius 3 is 0.969 bits per heavy atom. The fraction of sp³-hybridized carbons (Fsp3) is 0.182. The highest BCUT2D eigenvalue weighted by molar-refractivity contribution is 6.32. The zero-order chi connectivity index (χ0) is 91.9. The maximum Gasteiger partial charge on any atom is 0.419 e. The van der Waals surface area contributed by atoms with Crippen LogP contribution in [0.1, 0.15) is 130 Å². The monoisotopic (exact) mass is 1770 g/mol. The van der Waals surface area contributed by atoms with Crippen molar-refractivity contribution in [2.45, 2.75) is 62.5 Å². The molecule has 0 radical (unpaired) electrons. The largest absolute Gasteiger partial charge is 0.493 e. The fourth-order valence-corrected chi connectivity index (χ4v) is 15.5. The van der Waals surface area contributed by atoms with Gasteiger partial charge in [-0.1, -0.05) is 96.5 Å². The second-order valence-electron chi connectivity index (χ2n) is 30.3. The molecule has 0 spiro atoms. The van der Waals surface area contributed by atoms with E-state index in [-0.39, 0.29) is 82.4 Å². The lowest BCUT2D eigenvalue weighted by molar-refractivity contribution is -0.138. The first kappa shape index (κ1) is 91.0. The van der Waals surface area contributed by atoms with Crippen molar-refractivity contribution in [3.05, 3.63) is 333 Å². The van der Waals surface area contributed by atoms with Gasteiger partial charge in [-0.15, -0.1) is 0 Å². The van der Waals surface area contributed by atoms with Crippen molar-refractivity contribution in [2.24, 2.45) is 22.9 Å². The number of aryl methyl sites for hydroxylation is 1. The highest BCUT2D eigenvalue weighted by Gasteiger charge is 2.39. The van der Waals surface area contributed by atoms with Gasteiger partial charge in [0, 0.05) is 121 Å². The molecular formula is C99H86ClF4N9O16. The van der Waals surface area contributed by atoms with E-state index in [0.29, 0.717) is 158 Å². The van der Waals surface area contributed by atoms with E-state index in [1.807, 2.05) is 54.6 Å². The van der Waals surface area contributed by atoms with Crippen molar-refractivity contribution >= 4 is 81.6 Å². The molecule has 16 rings (SSSR count). The summed E-state index contributed by atoms with van der Waals surface area (Å²) in [4.78, 5) is 103. The number of hydrogen-bond acceptors (Lipinski definition) is 17. The Kier molecular flexibility index (Phi) is 28.6. The fourth-order valence-electron chi connectivity index (χ4n) is 15.3. The predicted octanol–water partition coefficient (Wildman–Crippen LogP) is 18.4. The summed E-state index contributed by atoms with van der Waals surface area (Å²) < 4.78 is 98.9. The van der Waals surface area contributed by atoms with Crippen LogP contribution in [0.5, 0.6) is 69.0 Å². The lowest BCUT2D eigenvalue weighted by Gasteiger charge is -2.19. The standard InChI is InChI=1S/C25H21F3N2O4.C25H23FN2O4.C25H21N3O4.C24H21ClN2O4/c1-33-21-10-9-15(12-22(21)34-20-8-3-2-7-19(20)25(26,27)28)17-13-23(31)30(14-17)18-6-4-5-16(11-18)24(29)32;1-15-10-19(26)7-9-21(15)32-23-12-16(6-8-22(23)31-2)18-13-24(29)28(14-18)20-5-3-4-17(11-20)25(27)30;1-31-22-10-9-16(12-23(22)32-21-8-3-2-5-18(21)14-26)19-13-24(29)28(15-19)20-7-4-6-17(11-20)25(27)30;1-30-21-10-9-15(12-22(21)31-20-8-3-2-7-19(20)25)17-13-23(28)27(14-17)18-6-4-5-16(11-18)24(26)29/h2-12,17H,13-14H2,1H3,(H2,29,32);3-12,18H,13-14H2,1-2H3,(H2,27,30);2-12,19H,13,15H2,1H3,(H2,27,30);2-12,17H,13-14H2,1H3,(H2,26,29). The third-order valence-electron chi connectivity index (χ3n) is 22.0. The van der Waals surface area contributed by atoms with Crippen molar-refractivity contribution in [2.75, 3.05) is 74.2 Å². The molecule has 0 bridgehead atoms. The summed E-state index contributed by atoms with van der Waals surface area (Å²) in [5.74, 6) is 1.41. The summed E-state index contributed by atoms with van der Waals surface area (Å²) in [5, 5.41) is 9.83. The van der Waals surface area contributed by atoms with Crippen LogP contribution < -0.4 is 80.4 Å². The van der Waals surface area contributed by atoms with E-state index in [0.717, 1.165) is 22.8 Å². The number of carbonyl (C=O) groups excluding carboxylic acids is 8. The van der Waals surface area contributed by atoms with Crippen LogP contribution in [0.4, 0.5) is 40.3 Å². The van der Waals surface area contributed by atoms with E-state index in [1.165, 1.54) is 37.4 Å². The molecule has 4 fully saturated rings. The van der Waals surface area contributed by atoms with Crippen LogP contribution in [0.3, 0.4) is 0 Å². The molecule has 8 amide bonds. The van der Waals surface area contributed by atoms with E-state index >= 15 is 0 Å². The molecule has 4 aliphatic rings. The van der Waals surface area contributed by atoms with Gasteiger partial charge in [-0.05, 0) is 211 Å². The summed E-state index contributed by atoms with van der Waals surface area (Å²) >= 11 is 6.23. The van der Waals surface area contributed by atoms with Gasteiger partial charge in [0.05, 0.1) is 44.6 Å². The first-order valence-electron chi connectivity index (χ1n) is 40.4. The number of nitrogens with two attached hydrogens (primary N) is 4. The first-order chi connectivity index (χ1) is 62.0. The lowest BCUT2D eigenvalue weighted by Crippen LogP contribution is -2.24. The summed E-state index contributed by atoms with van der Waals surface area (Å²) in [7, 11) is 6.06. The SMILES string of the molecule is COc1ccc(C2CC(=O)N(c3cccc(C(N)=O)c3)C2)cc1Oc1ccc(F)cc1C.COc1ccc(C2CC(=O)N(c3cccc(C(N)=O)c3)C2)cc1Oc1ccccc1C#N.COc1ccc(C2CC(=O)N(c3cccc(C(N)=O)c3)C2)cc1Oc1ccccc1C(F)(F)F.COc1ccc(C2CC(=O)N(c3cccc(C(N)=O)c3)C2)cc1Oc1ccccc1Cl. The number of methoxy groups -OCH3 is 4. The van der Waals surface area contributed by atoms with Gasteiger partial charge in [-0.3, -0.25) is 38.4 Å². The number of hydrogen-bond donors (Lipinski definition) is 4. The highest BCUT2D eigenvalue weighted by Crippen LogP contribution is 2.47. The molecule has 8 N–H and O–H groups in total. The molecule has 129 heavy (non-hydrogen) atoms. The number of nitriles is 1. The Labute approximate surface area is 744 Å². The molecule has 12 aromatic carbocycles. The number of para-hydroxylation sites is 3. The number of nitrogens with zero attached hydrogens (tertiary/aromatic N) is 5. The quantitative estimate of drug-likeness (QED) is 0.0408. The summed E-state index contributed by atoms with van der Waals surface area (Å²) in [6, 6.07) is 73.9. The van der Waals surface area contributed by atoms with E-state index in [1.54, 1.807) is 218 Å². The number of primary amides is 4. The number of halogens is 5. The molecule has 25 nitrogen and oxygen atoms in total. The average molecular weight is 1770 g/mol. The van der Waals surface area contributed by atoms with E-state index in [4.69, 9.17) is 72.4 Å². The predicted molar refractivity (Wildman–Crippen MR) is 476 cm³/mol. The Balaban J connectivity index is 0.000000147. The van der Waals surface area contributed by atoms with Crippen LogP contribution in [0.15, 0.2) is 261 Å². The van der Waals surface area contributed by atoms with Gasteiger partial charge >= 0.3 is 6.18 Å². The highest BCUT2D eigenvalue weighted by atomic mass is 35.5. The van der Waals surface area contributed by atoms with Crippen molar-refractivity contribution in [1.82, 2.24) is 0 Å². The molecule has 4 unspecified atom stereocenters. The van der Waals surface area contributed by atoms with Gasteiger partial charge in [0.2, 0.25) is 47.3 Å². The molecule has 12 aromatic rings. The Bertz CT molecular complexity index is 6330. The van der Waals surface area contributed by atoms with Gasteiger partial charge in [0.1, 0.15) is 34.9 Å². The van der Waals surface area contributed by atoms with Crippen molar-refractivity contribution in [3.8, 4) is 75.1 Å². The minimum Gasteiger partial charge on any atom is -0.493 e. The molecule has 4 atom stereocenters. The third-order valence-corrected chi connectivity index (χ3v) is 22.3. The van der Waals surface area contributed by atoms with Crippen LogP contribution in [0.2, 0.25) is 5.02 Å². The van der Waals surface area contributed by atoms with Crippen LogP contribution in [-0.4, -0.2) is 102 Å². The minimum atomic E-state index is -4.58. The summed E-state index contributed by atoms with van der Waals surface area (Å²) in [6.45, 7) is 3.50. The summed E-state index contributed by atoms with van der Waals surface area (Å²) in [6.07, 6.45) is -3.41. The Morgan fingerprint density at radius 2 is 0.651 bits per heavy atom. The number of benzene rings is 12. The maximum absolute atomic E-state index is 13.4. The molecule has 0 saturated carbocycles. The maximum atomic E-state index is 13.4. The van der Waals surface area contributed by atoms with E-state index in [9.17, 15) is 61.2 Å². The van der Waals surface area contributed by atoms with Crippen LogP contribution in [0, 0.1) is 24.1 Å². The Hall–Kier alpha value is -15.7. The zero-order valence-electron chi connectivity index (χ0n) is 70.3. The normalized spacial score (nSPS) is 15.7. The van der Waals surface area contributed by atoms with Crippen molar-refractivity contribution in [1.29, 1.82) is 5.26 Å². The molecule has 0 aromatic heterocycles. The number of amides is 8. The van der Waals surface area contributed by atoms with Crippen molar-refractivity contribution < 1.29 is 93.8 Å². The number of carbonyl (C=O) groups is 8. The molecule has 658 valence electrons. The minimum absolute atomic E-state index is 0.0176. The molecule has 4 aliphatic heterocycles.